The van der Waals surface area contributed by atoms with E-state index in [0.29, 0.717) is 5.69 Å². The summed E-state index contributed by atoms with van der Waals surface area (Å²) in [5.74, 6) is 0. The van der Waals surface area contributed by atoms with Gasteiger partial charge in [0, 0.05) is 6.20 Å². The van der Waals surface area contributed by atoms with E-state index in [1.807, 2.05) is 6.07 Å². The van der Waals surface area contributed by atoms with Crippen molar-refractivity contribution in [1.82, 2.24) is 4.98 Å². The molecule has 1 heterocycles. The van der Waals surface area contributed by atoms with Crippen LogP contribution < -0.4 is 0 Å². The highest BCUT2D eigenvalue weighted by Crippen LogP contribution is 2.09. The fourth-order valence-corrected chi connectivity index (χ4v) is 0.719. The Hall–Kier alpha value is -1.40. The zero-order valence-corrected chi connectivity index (χ0v) is 6.15. The average molecular weight is 148 g/mol. The molecule has 0 amide bonds. The minimum atomic E-state index is -0.518. The van der Waals surface area contributed by atoms with Crippen LogP contribution in [-0.4, -0.2) is 10.1 Å². The molecule has 0 bridgehead atoms. The van der Waals surface area contributed by atoms with E-state index in [9.17, 15) is 0 Å². The topological polar surface area (TPSA) is 56.9 Å². The molecule has 1 rings (SSSR count). The second kappa shape index (κ2) is 3.13. The maximum absolute atomic E-state index is 9.06. The van der Waals surface area contributed by atoms with Gasteiger partial charge in [0.1, 0.15) is 11.8 Å². The number of aliphatic hydroxyl groups is 1. The Kier molecular flexibility index (Phi) is 2.19. The van der Waals surface area contributed by atoms with Crippen molar-refractivity contribution in [2.75, 3.05) is 0 Å². The van der Waals surface area contributed by atoms with E-state index < -0.39 is 6.10 Å². The molecule has 0 aromatic carbocycles. The summed E-state index contributed by atoms with van der Waals surface area (Å²) in [6.45, 7) is 1.66. The monoisotopic (exact) mass is 148 g/mol. The lowest BCUT2D eigenvalue weighted by Crippen LogP contribution is -1.92. The normalized spacial score (nSPS) is 12.1. The van der Waals surface area contributed by atoms with E-state index in [1.165, 1.54) is 6.20 Å². The van der Waals surface area contributed by atoms with Crippen LogP contribution in [0.3, 0.4) is 0 Å². The maximum atomic E-state index is 9.06. The van der Waals surface area contributed by atoms with Gasteiger partial charge in [-0.1, -0.05) is 6.07 Å². The zero-order valence-electron chi connectivity index (χ0n) is 6.15. The number of nitrogens with zero attached hydrogens (tertiary/aromatic N) is 2. The molecule has 0 aliphatic rings. The lowest BCUT2D eigenvalue weighted by molar-refractivity contribution is 0.199. The molecule has 56 valence electrons. The number of aromatic nitrogens is 1. The van der Waals surface area contributed by atoms with Gasteiger partial charge in [-0.2, -0.15) is 5.26 Å². The Morgan fingerprint density at radius 1 is 1.64 bits per heavy atom. The Morgan fingerprint density at radius 3 is 2.73 bits per heavy atom. The van der Waals surface area contributed by atoms with Gasteiger partial charge in [0.05, 0.1) is 6.10 Å². The fourth-order valence-electron chi connectivity index (χ4n) is 0.719. The summed E-state index contributed by atoms with van der Waals surface area (Å²) >= 11 is 0. The molecule has 0 saturated heterocycles. The van der Waals surface area contributed by atoms with Crippen LogP contribution in [0.5, 0.6) is 0 Å². The van der Waals surface area contributed by atoms with Crippen LogP contribution in [0.4, 0.5) is 0 Å². The molecule has 1 atom stereocenters. The van der Waals surface area contributed by atoms with Gasteiger partial charge in [-0.05, 0) is 18.6 Å². The number of hydrogen-bond acceptors (Lipinski definition) is 3. The lowest BCUT2D eigenvalue weighted by atomic mass is 10.2. The summed E-state index contributed by atoms with van der Waals surface area (Å²) in [5, 5.41) is 17.5. The first-order chi connectivity index (χ1) is 5.24. The number of pyridine rings is 1. The number of nitriles is 1. The molecular formula is C8H8N2O. The zero-order chi connectivity index (χ0) is 8.27. The smallest absolute Gasteiger partial charge is 0.140 e. The van der Waals surface area contributed by atoms with Crippen molar-refractivity contribution in [3.05, 3.63) is 29.6 Å². The van der Waals surface area contributed by atoms with Crippen molar-refractivity contribution in [2.45, 2.75) is 13.0 Å². The van der Waals surface area contributed by atoms with Gasteiger partial charge in [0.15, 0.2) is 0 Å². The standard InChI is InChI=1S/C8H8N2O/c1-6(11)7-2-3-8(4-9)10-5-7/h2-3,5-6,11H,1H3/t6-/m0/s1. The molecule has 0 unspecified atom stereocenters. The van der Waals surface area contributed by atoms with Crippen molar-refractivity contribution in [1.29, 1.82) is 5.26 Å². The van der Waals surface area contributed by atoms with Gasteiger partial charge in [0.25, 0.3) is 0 Å². The van der Waals surface area contributed by atoms with E-state index in [4.69, 9.17) is 10.4 Å². The molecule has 1 N–H and O–H groups in total. The van der Waals surface area contributed by atoms with Crippen LogP contribution in [0.15, 0.2) is 18.3 Å². The summed E-state index contributed by atoms with van der Waals surface area (Å²) in [7, 11) is 0. The van der Waals surface area contributed by atoms with Crippen LogP contribution in [-0.2, 0) is 0 Å². The number of aliphatic hydroxyl groups excluding tert-OH is 1. The second-order valence-corrected chi connectivity index (χ2v) is 2.26. The van der Waals surface area contributed by atoms with Gasteiger partial charge < -0.3 is 5.11 Å². The van der Waals surface area contributed by atoms with Gasteiger partial charge in [-0.25, -0.2) is 4.98 Å². The van der Waals surface area contributed by atoms with Gasteiger partial charge in [-0.3, -0.25) is 0 Å². The SMILES string of the molecule is C[C@H](O)c1ccc(C#N)nc1. The maximum Gasteiger partial charge on any atom is 0.140 e. The number of rotatable bonds is 1. The summed E-state index contributed by atoms with van der Waals surface area (Å²) in [6, 6.07) is 5.18. The molecule has 0 saturated carbocycles. The molecule has 1 aromatic heterocycles. The van der Waals surface area contributed by atoms with Crippen molar-refractivity contribution in [2.24, 2.45) is 0 Å². The first-order valence-corrected chi connectivity index (χ1v) is 3.28. The summed E-state index contributed by atoms with van der Waals surface area (Å²) < 4.78 is 0. The first-order valence-electron chi connectivity index (χ1n) is 3.28. The first kappa shape index (κ1) is 7.70. The third kappa shape index (κ3) is 1.76. The molecule has 0 fully saturated rings. The Labute approximate surface area is 64.9 Å². The highest BCUT2D eigenvalue weighted by molar-refractivity contribution is 5.23. The Morgan fingerprint density at radius 2 is 2.36 bits per heavy atom. The predicted octanol–water partition coefficient (Wildman–Crippen LogP) is 1.01. The third-order valence-electron chi connectivity index (χ3n) is 1.38. The molecule has 0 radical (unpaired) electrons. The summed E-state index contributed by atoms with van der Waals surface area (Å²) in [5.41, 5.74) is 1.10. The van der Waals surface area contributed by atoms with Crippen molar-refractivity contribution >= 4 is 0 Å². The van der Waals surface area contributed by atoms with Crippen LogP contribution >= 0.6 is 0 Å². The van der Waals surface area contributed by atoms with E-state index in [-0.39, 0.29) is 0 Å². The largest absolute Gasteiger partial charge is 0.389 e. The minimum Gasteiger partial charge on any atom is -0.389 e. The fraction of sp³-hybridized carbons (Fsp3) is 0.250. The van der Waals surface area contributed by atoms with Crippen LogP contribution in [0, 0.1) is 11.3 Å². The number of hydrogen-bond donors (Lipinski definition) is 1. The molecule has 11 heavy (non-hydrogen) atoms. The summed E-state index contributed by atoms with van der Waals surface area (Å²) in [4.78, 5) is 3.80. The third-order valence-corrected chi connectivity index (χ3v) is 1.38. The lowest BCUT2D eigenvalue weighted by Gasteiger charge is -2.01. The van der Waals surface area contributed by atoms with E-state index in [2.05, 4.69) is 4.98 Å². The molecule has 3 heteroatoms. The quantitative estimate of drug-likeness (QED) is 0.646. The van der Waals surface area contributed by atoms with Gasteiger partial charge >= 0.3 is 0 Å². The summed E-state index contributed by atoms with van der Waals surface area (Å²) in [6.07, 6.45) is 0.985. The van der Waals surface area contributed by atoms with Gasteiger partial charge in [-0.15, -0.1) is 0 Å². The van der Waals surface area contributed by atoms with E-state index in [1.54, 1.807) is 19.1 Å². The minimum absolute atomic E-state index is 0.370. The van der Waals surface area contributed by atoms with Crippen molar-refractivity contribution in [3.63, 3.8) is 0 Å². The molecular weight excluding hydrogens is 140 g/mol. The van der Waals surface area contributed by atoms with Crippen LogP contribution in [0.2, 0.25) is 0 Å². The predicted molar refractivity (Wildman–Crippen MR) is 39.6 cm³/mol. The van der Waals surface area contributed by atoms with Crippen molar-refractivity contribution in [3.8, 4) is 6.07 Å². The molecule has 0 aliphatic heterocycles. The second-order valence-electron chi connectivity index (χ2n) is 2.26. The Balaban J connectivity index is 2.94. The average Bonchev–Trinajstić information content (AvgIpc) is 2.05. The molecule has 0 spiro atoms. The Bertz CT molecular complexity index is 271. The van der Waals surface area contributed by atoms with Crippen molar-refractivity contribution < 1.29 is 5.11 Å². The molecule has 0 aliphatic carbocycles. The van der Waals surface area contributed by atoms with E-state index in [0.717, 1.165) is 5.56 Å². The van der Waals surface area contributed by atoms with Crippen LogP contribution in [0.1, 0.15) is 24.3 Å². The van der Waals surface area contributed by atoms with Crippen LogP contribution in [0.25, 0.3) is 0 Å². The molecule has 3 nitrogen and oxygen atoms in total. The van der Waals surface area contributed by atoms with E-state index >= 15 is 0 Å². The highest BCUT2D eigenvalue weighted by Gasteiger charge is 1.99. The van der Waals surface area contributed by atoms with Gasteiger partial charge in [0.2, 0.25) is 0 Å². The highest BCUT2D eigenvalue weighted by atomic mass is 16.3. The molecule has 1 aromatic rings.